The molecule has 1 aliphatic rings. The van der Waals surface area contributed by atoms with E-state index < -0.39 is 17.8 Å². The molecule has 2 N–H and O–H groups in total. The van der Waals surface area contributed by atoms with Crippen LogP contribution in [0.2, 0.25) is 0 Å². The second kappa shape index (κ2) is 6.24. The summed E-state index contributed by atoms with van der Waals surface area (Å²) >= 11 is 0. The van der Waals surface area contributed by atoms with Gasteiger partial charge in [0, 0.05) is 18.8 Å². The normalized spacial score (nSPS) is 21.4. The van der Waals surface area contributed by atoms with Crippen molar-refractivity contribution in [2.45, 2.75) is 38.9 Å². The van der Waals surface area contributed by atoms with Gasteiger partial charge < -0.3 is 10.6 Å². The molecule has 2 heterocycles. The Kier molecular flexibility index (Phi) is 4.75. The minimum absolute atomic E-state index is 0.0733. The molecule has 0 aliphatic carbocycles. The Bertz CT molecular complexity index is 526. The first-order chi connectivity index (χ1) is 10.2. The Morgan fingerprint density at radius 3 is 2.73 bits per heavy atom. The van der Waals surface area contributed by atoms with Crippen LogP contribution in [0.15, 0.2) is 18.3 Å². The van der Waals surface area contributed by atoms with Gasteiger partial charge in [-0.1, -0.05) is 13.8 Å². The van der Waals surface area contributed by atoms with E-state index in [0.29, 0.717) is 6.54 Å². The number of rotatable bonds is 3. The summed E-state index contributed by atoms with van der Waals surface area (Å²) in [6, 6.07) is 2.11. The SMILES string of the molecule is CC1(C)CCCNC1CNC(=O)c1ccc(C(F)(F)F)nc1. The molecule has 1 aromatic heterocycles. The maximum absolute atomic E-state index is 12.4. The van der Waals surface area contributed by atoms with Crippen molar-refractivity contribution in [1.29, 1.82) is 0 Å². The van der Waals surface area contributed by atoms with E-state index in [2.05, 4.69) is 29.5 Å². The van der Waals surface area contributed by atoms with E-state index in [1.807, 2.05) is 0 Å². The highest BCUT2D eigenvalue weighted by Crippen LogP contribution is 2.30. The van der Waals surface area contributed by atoms with Gasteiger partial charge in [0.1, 0.15) is 5.69 Å². The molecule has 1 fully saturated rings. The first-order valence-corrected chi connectivity index (χ1v) is 7.25. The van der Waals surface area contributed by atoms with Crippen LogP contribution in [-0.4, -0.2) is 30.0 Å². The summed E-state index contributed by atoms with van der Waals surface area (Å²) < 4.78 is 37.3. The first kappa shape index (κ1) is 16.7. The fourth-order valence-electron chi connectivity index (χ4n) is 2.61. The van der Waals surface area contributed by atoms with E-state index in [4.69, 9.17) is 0 Å². The molecule has 0 saturated carbocycles. The Morgan fingerprint density at radius 2 is 2.18 bits per heavy atom. The molecule has 1 unspecified atom stereocenters. The minimum atomic E-state index is -4.49. The zero-order chi connectivity index (χ0) is 16.4. The Balaban J connectivity index is 1.95. The number of alkyl halides is 3. The molecule has 122 valence electrons. The topological polar surface area (TPSA) is 54.0 Å². The summed E-state index contributed by atoms with van der Waals surface area (Å²) in [4.78, 5) is 15.3. The minimum Gasteiger partial charge on any atom is -0.350 e. The molecule has 1 atom stereocenters. The average Bonchev–Trinajstić information content (AvgIpc) is 2.44. The Hall–Kier alpha value is -1.63. The van der Waals surface area contributed by atoms with Gasteiger partial charge in [-0.25, -0.2) is 0 Å². The van der Waals surface area contributed by atoms with Crippen LogP contribution in [0.1, 0.15) is 42.7 Å². The highest BCUT2D eigenvalue weighted by atomic mass is 19.4. The largest absolute Gasteiger partial charge is 0.433 e. The third kappa shape index (κ3) is 3.97. The maximum atomic E-state index is 12.4. The number of nitrogens with zero attached hydrogens (tertiary/aromatic N) is 1. The second-order valence-corrected chi connectivity index (χ2v) is 6.24. The number of hydrogen-bond donors (Lipinski definition) is 2. The molecule has 2 rings (SSSR count). The van der Waals surface area contributed by atoms with Crippen LogP contribution in [-0.2, 0) is 6.18 Å². The van der Waals surface area contributed by atoms with Crippen LogP contribution in [0.5, 0.6) is 0 Å². The smallest absolute Gasteiger partial charge is 0.350 e. The number of piperidine rings is 1. The van der Waals surface area contributed by atoms with Gasteiger partial charge in [0.25, 0.3) is 5.91 Å². The number of aromatic nitrogens is 1. The van der Waals surface area contributed by atoms with Gasteiger partial charge in [-0.05, 0) is 36.9 Å². The van der Waals surface area contributed by atoms with Crippen molar-refractivity contribution in [3.63, 3.8) is 0 Å². The fraction of sp³-hybridized carbons (Fsp3) is 0.600. The molecule has 0 radical (unpaired) electrons. The monoisotopic (exact) mass is 315 g/mol. The zero-order valence-electron chi connectivity index (χ0n) is 12.6. The van der Waals surface area contributed by atoms with Crippen molar-refractivity contribution in [3.8, 4) is 0 Å². The van der Waals surface area contributed by atoms with Crippen LogP contribution in [0.4, 0.5) is 13.2 Å². The van der Waals surface area contributed by atoms with Crippen molar-refractivity contribution < 1.29 is 18.0 Å². The van der Waals surface area contributed by atoms with E-state index in [0.717, 1.165) is 37.7 Å². The molecule has 4 nitrogen and oxygen atoms in total. The van der Waals surface area contributed by atoms with Crippen molar-refractivity contribution >= 4 is 5.91 Å². The summed E-state index contributed by atoms with van der Waals surface area (Å²) in [6.45, 7) is 5.62. The van der Waals surface area contributed by atoms with Gasteiger partial charge in [0.2, 0.25) is 0 Å². The standard InChI is InChI=1S/C15H20F3N3O/c1-14(2)6-3-7-19-12(14)9-21-13(22)10-4-5-11(20-8-10)15(16,17)18/h4-5,8,12,19H,3,6-7,9H2,1-2H3,(H,21,22). The van der Waals surface area contributed by atoms with Gasteiger partial charge >= 0.3 is 6.18 Å². The molecule has 1 aliphatic heterocycles. The highest BCUT2D eigenvalue weighted by Gasteiger charge is 2.33. The molecule has 0 bridgehead atoms. The number of nitrogens with one attached hydrogen (secondary N) is 2. The molecule has 1 saturated heterocycles. The van der Waals surface area contributed by atoms with Crippen LogP contribution in [0.3, 0.4) is 0 Å². The summed E-state index contributed by atoms with van der Waals surface area (Å²) in [5.74, 6) is -0.413. The lowest BCUT2D eigenvalue weighted by atomic mass is 9.77. The first-order valence-electron chi connectivity index (χ1n) is 7.25. The quantitative estimate of drug-likeness (QED) is 0.901. The molecular weight excluding hydrogens is 295 g/mol. The maximum Gasteiger partial charge on any atom is 0.433 e. The number of halogens is 3. The zero-order valence-corrected chi connectivity index (χ0v) is 12.6. The summed E-state index contributed by atoms with van der Waals surface area (Å²) in [5, 5.41) is 6.13. The number of carbonyl (C=O) groups is 1. The highest BCUT2D eigenvalue weighted by molar-refractivity contribution is 5.93. The molecular formula is C15H20F3N3O. The lowest BCUT2D eigenvalue weighted by Crippen LogP contribution is -2.52. The molecule has 0 spiro atoms. The van der Waals surface area contributed by atoms with Crippen molar-refractivity contribution in [2.24, 2.45) is 5.41 Å². The van der Waals surface area contributed by atoms with E-state index in [1.165, 1.54) is 0 Å². The average molecular weight is 315 g/mol. The van der Waals surface area contributed by atoms with Crippen LogP contribution >= 0.6 is 0 Å². The van der Waals surface area contributed by atoms with Gasteiger partial charge in [-0.15, -0.1) is 0 Å². The van der Waals surface area contributed by atoms with Gasteiger partial charge in [0.15, 0.2) is 0 Å². The number of pyridine rings is 1. The number of hydrogen-bond acceptors (Lipinski definition) is 3. The van der Waals surface area contributed by atoms with E-state index in [-0.39, 0.29) is 17.0 Å². The predicted octanol–water partition coefficient (Wildman–Crippen LogP) is 2.61. The molecule has 1 amide bonds. The molecule has 7 heteroatoms. The van der Waals surface area contributed by atoms with Gasteiger partial charge in [-0.2, -0.15) is 13.2 Å². The Labute approximate surface area is 127 Å². The summed E-state index contributed by atoms with van der Waals surface area (Å²) in [6.07, 6.45) is -1.37. The summed E-state index contributed by atoms with van der Waals surface area (Å²) in [5.41, 5.74) is -0.801. The lowest BCUT2D eigenvalue weighted by Gasteiger charge is -2.39. The number of carbonyl (C=O) groups excluding carboxylic acids is 1. The van der Waals surface area contributed by atoms with Crippen LogP contribution < -0.4 is 10.6 Å². The fourth-order valence-corrected chi connectivity index (χ4v) is 2.61. The second-order valence-electron chi connectivity index (χ2n) is 6.24. The third-order valence-corrected chi connectivity index (χ3v) is 4.11. The van der Waals surface area contributed by atoms with E-state index >= 15 is 0 Å². The molecule has 1 aromatic rings. The van der Waals surface area contributed by atoms with Gasteiger partial charge in [0.05, 0.1) is 5.56 Å². The lowest BCUT2D eigenvalue weighted by molar-refractivity contribution is -0.141. The third-order valence-electron chi connectivity index (χ3n) is 4.11. The van der Waals surface area contributed by atoms with Crippen LogP contribution in [0, 0.1) is 5.41 Å². The predicted molar refractivity (Wildman–Crippen MR) is 76.4 cm³/mol. The molecule has 0 aromatic carbocycles. The van der Waals surface area contributed by atoms with Crippen molar-refractivity contribution in [1.82, 2.24) is 15.6 Å². The summed E-state index contributed by atoms with van der Waals surface area (Å²) in [7, 11) is 0. The van der Waals surface area contributed by atoms with Crippen LogP contribution in [0.25, 0.3) is 0 Å². The Morgan fingerprint density at radius 1 is 1.45 bits per heavy atom. The number of amides is 1. The molecule has 22 heavy (non-hydrogen) atoms. The van der Waals surface area contributed by atoms with Crippen molar-refractivity contribution in [3.05, 3.63) is 29.6 Å². The van der Waals surface area contributed by atoms with E-state index in [1.54, 1.807) is 0 Å². The van der Waals surface area contributed by atoms with Gasteiger partial charge in [-0.3, -0.25) is 9.78 Å². The van der Waals surface area contributed by atoms with E-state index in [9.17, 15) is 18.0 Å². The van der Waals surface area contributed by atoms with Crippen molar-refractivity contribution in [2.75, 3.05) is 13.1 Å².